The third-order valence-corrected chi connectivity index (χ3v) is 4.78. The number of nitrogens with one attached hydrogen (secondary N) is 1. The molecular weight excluding hydrogens is 294 g/mol. The van der Waals surface area contributed by atoms with E-state index in [1.807, 2.05) is 18.2 Å². The van der Waals surface area contributed by atoms with Crippen molar-refractivity contribution >= 4 is 11.9 Å². The number of carbonyl (C=O) groups is 2. The number of hydrogen-bond donors (Lipinski definition) is 1. The van der Waals surface area contributed by atoms with Gasteiger partial charge >= 0.3 is 5.97 Å². The SMILES string of the molecule is COC(=O)C1(NC(=O)Cc2ccc3c(c2)CCO3)CCCCC1. The van der Waals surface area contributed by atoms with E-state index in [1.54, 1.807) is 0 Å². The van der Waals surface area contributed by atoms with Crippen LogP contribution >= 0.6 is 0 Å². The lowest BCUT2D eigenvalue weighted by atomic mass is 9.81. The highest BCUT2D eigenvalue weighted by molar-refractivity contribution is 5.89. The molecule has 3 rings (SSSR count). The van der Waals surface area contributed by atoms with Crippen molar-refractivity contribution in [3.63, 3.8) is 0 Å². The van der Waals surface area contributed by atoms with Crippen LogP contribution in [0, 0.1) is 0 Å². The highest BCUT2D eigenvalue weighted by atomic mass is 16.5. The highest BCUT2D eigenvalue weighted by Gasteiger charge is 2.41. The Kier molecular flexibility index (Phi) is 4.55. The van der Waals surface area contributed by atoms with Crippen molar-refractivity contribution < 1.29 is 19.1 Å². The molecule has 1 aliphatic heterocycles. The molecule has 1 aliphatic carbocycles. The van der Waals surface area contributed by atoms with E-state index in [-0.39, 0.29) is 18.3 Å². The van der Waals surface area contributed by atoms with Crippen LogP contribution in [0.1, 0.15) is 43.2 Å². The van der Waals surface area contributed by atoms with Crippen LogP contribution in [0.3, 0.4) is 0 Å². The summed E-state index contributed by atoms with van der Waals surface area (Å²) in [7, 11) is 1.38. The zero-order valence-electron chi connectivity index (χ0n) is 13.5. The predicted molar refractivity (Wildman–Crippen MR) is 85.3 cm³/mol. The van der Waals surface area contributed by atoms with Gasteiger partial charge in [-0.25, -0.2) is 4.79 Å². The predicted octanol–water partition coefficient (Wildman–Crippen LogP) is 2.16. The van der Waals surface area contributed by atoms with Gasteiger partial charge in [-0.3, -0.25) is 4.79 Å². The average Bonchev–Trinajstić information content (AvgIpc) is 3.02. The van der Waals surface area contributed by atoms with E-state index in [0.717, 1.165) is 42.6 Å². The number of methoxy groups -OCH3 is 1. The van der Waals surface area contributed by atoms with Crippen molar-refractivity contribution in [1.82, 2.24) is 5.32 Å². The normalized spacial score (nSPS) is 18.7. The van der Waals surface area contributed by atoms with Gasteiger partial charge in [-0.2, -0.15) is 0 Å². The number of rotatable bonds is 4. The second-order valence-corrected chi connectivity index (χ2v) is 6.40. The van der Waals surface area contributed by atoms with Crippen LogP contribution in [0.2, 0.25) is 0 Å². The standard InChI is InChI=1S/C18H23NO4/c1-22-17(21)18(8-3-2-4-9-18)19-16(20)12-13-5-6-15-14(11-13)7-10-23-15/h5-6,11H,2-4,7-10,12H2,1H3,(H,19,20). The van der Waals surface area contributed by atoms with E-state index in [9.17, 15) is 9.59 Å². The maximum Gasteiger partial charge on any atom is 0.331 e. The number of hydrogen-bond acceptors (Lipinski definition) is 4. The van der Waals surface area contributed by atoms with Gasteiger partial charge in [0.25, 0.3) is 0 Å². The minimum atomic E-state index is -0.843. The van der Waals surface area contributed by atoms with E-state index < -0.39 is 5.54 Å². The monoisotopic (exact) mass is 317 g/mol. The summed E-state index contributed by atoms with van der Waals surface area (Å²) in [6, 6.07) is 5.85. The fraction of sp³-hybridized carbons (Fsp3) is 0.556. The Balaban J connectivity index is 1.68. The highest BCUT2D eigenvalue weighted by Crippen LogP contribution is 2.30. The number of amides is 1. The van der Waals surface area contributed by atoms with E-state index in [2.05, 4.69) is 5.32 Å². The molecule has 1 aromatic carbocycles. The fourth-order valence-corrected chi connectivity index (χ4v) is 3.58. The molecule has 0 bridgehead atoms. The first-order valence-electron chi connectivity index (χ1n) is 8.27. The molecule has 1 saturated carbocycles. The molecule has 1 fully saturated rings. The Hall–Kier alpha value is -2.04. The van der Waals surface area contributed by atoms with Crippen LogP contribution in [0.5, 0.6) is 5.75 Å². The second-order valence-electron chi connectivity index (χ2n) is 6.40. The summed E-state index contributed by atoms with van der Waals surface area (Å²) < 4.78 is 10.4. The molecule has 0 atom stereocenters. The third kappa shape index (κ3) is 3.33. The van der Waals surface area contributed by atoms with Crippen LogP contribution < -0.4 is 10.1 Å². The fourth-order valence-electron chi connectivity index (χ4n) is 3.58. The summed E-state index contributed by atoms with van der Waals surface area (Å²) in [6.07, 6.45) is 5.44. The van der Waals surface area contributed by atoms with Crippen molar-refractivity contribution in [2.75, 3.05) is 13.7 Å². The summed E-state index contributed by atoms with van der Waals surface area (Å²) in [4.78, 5) is 24.6. The number of carbonyl (C=O) groups excluding carboxylic acids is 2. The second kappa shape index (κ2) is 6.60. The molecule has 5 nitrogen and oxygen atoms in total. The summed E-state index contributed by atoms with van der Waals surface area (Å²) in [5.74, 6) is 0.455. The van der Waals surface area contributed by atoms with Gasteiger partial charge in [0.15, 0.2) is 0 Å². The maximum absolute atomic E-state index is 12.5. The van der Waals surface area contributed by atoms with Gasteiger partial charge in [0.05, 0.1) is 20.1 Å². The van der Waals surface area contributed by atoms with Gasteiger partial charge in [-0.05, 0) is 30.0 Å². The Morgan fingerprint density at radius 1 is 1.26 bits per heavy atom. The topological polar surface area (TPSA) is 64.6 Å². The first kappa shape index (κ1) is 15.8. The number of fused-ring (bicyclic) bond motifs is 1. The van der Waals surface area contributed by atoms with Crippen molar-refractivity contribution in [3.05, 3.63) is 29.3 Å². The van der Waals surface area contributed by atoms with E-state index in [4.69, 9.17) is 9.47 Å². The molecule has 0 unspecified atom stereocenters. The Labute approximate surface area is 136 Å². The minimum Gasteiger partial charge on any atom is -0.493 e. The van der Waals surface area contributed by atoms with Gasteiger partial charge in [-0.1, -0.05) is 31.4 Å². The summed E-state index contributed by atoms with van der Waals surface area (Å²) in [5.41, 5.74) is 1.25. The first-order valence-corrected chi connectivity index (χ1v) is 8.27. The average molecular weight is 317 g/mol. The van der Waals surface area contributed by atoms with Gasteiger partial charge in [-0.15, -0.1) is 0 Å². The number of benzene rings is 1. The lowest BCUT2D eigenvalue weighted by Gasteiger charge is -2.35. The van der Waals surface area contributed by atoms with E-state index >= 15 is 0 Å². The van der Waals surface area contributed by atoms with Crippen molar-refractivity contribution in [2.24, 2.45) is 0 Å². The largest absolute Gasteiger partial charge is 0.493 e. The van der Waals surface area contributed by atoms with Crippen LogP contribution in [0.25, 0.3) is 0 Å². The lowest BCUT2D eigenvalue weighted by Crippen LogP contribution is -2.56. The molecular formula is C18H23NO4. The summed E-state index contributed by atoms with van der Waals surface area (Å²) in [6.45, 7) is 0.705. The number of esters is 1. The molecule has 0 spiro atoms. The quantitative estimate of drug-likeness (QED) is 0.864. The van der Waals surface area contributed by atoms with Crippen molar-refractivity contribution in [2.45, 2.75) is 50.5 Å². The molecule has 1 amide bonds. The first-order chi connectivity index (χ1) is 11.1. The smallest absolute Gasteiger partial charge is 0.331 e. The molecule has 23 heavy (non-hydrogen) atoms. The Morgan fingerprint density at radius 3 is 2.78 bits per heavy atom. The van der Waals surface area contributed by atoms with Gasteiger partial charge < -0.3 is 14.8 Å². The van der Waals surface area contributed by atoms with Gasteiger partial charge in [0, 0.05) is 6.42 Å². The van der Waals surface area contributed by atoms with E-state index in [1.165, 1.54) is 7.11 Å². The molecule has 0 saturated heterocycles. The van der Waals surface area contributed by atoms with E-state index in [0.29, 0.717) is 19.4 Å². The van der Waals surface area contributed by atoms with Gasteiger partial charge in [0.1, 0.15) is 11.3 Å². The van der Waals surface area contributed by atoms with Crippen LogP contribution in [0.4, 0.5) is 0 Å². The van der Waals surface area contributed by atoms with Crippen LogP contribution in [0.15, 0.2) is 18.2 Å². The zero-order chi connectivity index (χ0) is 16.3. The molecule has 0 aromatic heterocycles. The zero-order valence-corrected chi connectivity index (χ0v) is 13.5. The molecule has 0 radical (unpaired) electrons. The Morgan fingerprint density at radius 2 is 2.04 bits per heavy atom. The molecule has 2 aliphatic rings. The van der Waals surface area contributed by atoms with Gasteiger partial charge in [0.2, 0.25) is 5.91 Å². The van der Waals surface area contributed by atoms with Crippen molar-refractivity contribution in [1.29, 1.82) is 0 Å². The maximum atomic E-state index is 12.5. The summed E-state index contributed by atoms with van der Waals surface area (Å²) >= 11 is 0. The van der Waals surface area contributed by atoms with Crippen LogP contribution in [-0.2, 0) is 27.2 Å². The molecule has 5 heteroatoms. The molecule has 1 heterocycles. The molecule has 1 aromatic rings. The third-order valence-electron chi connectivity index (χ3n) is 4.78. The van der Waals surface area contributed by atoms with Crippen molar-refractivity contribution in [3.8, 4) is 5.75 Å². The molecule has 124 valence electrons. The minimum absolute atomic E-state index is 0.129. The lowest BCUT2D eigenvalue weighted by molar-refractivity contribution is -0.152. The summed E-state index contributed by atoms with van der Waals surface area (Å²) in [5, 5.41) is 2.95. The Bertz CT molecular complexity index is 605. The number of ether oxygens (including phenoxy) is 2. The van der Waals surface area contributed by atoms with Crippen LogP contribution in [-0.4, -0.2) is 31.1 Å². The molecule has 1 N–H and O–H groups in total.